The normalized spacial score (nSPS) is 11.1. The summed E-state index contributed by atoms with van der Waals surface area (Å²) in [5, 5.41) is 5.42. The van der Waals surface area contributed by atoms with Gasteiger partial charge in [-0.1, -0.05) is 0 Å². The summed E-state index contributed by atoms with van der Waals surface area (Å²) in [6, 6.07) is 15.1. The SMILES string of the molecule is CCOc1ccc(-c2nc(CC(=O)Nc3ccc(S(=O)(=O)Nc4ncccn4)cc3)cs2)cc1. The molecular weight excluding hydrogens is 474 g/mol. The van der Waals surface area contributed by atoms with Crippen molar-refractivity contribution in [3.8, 4) is 16.3 Å². The number of anilines is 2. The van der Waals surface area contributed by atoms with Crippen molar-refractivity contribution in [2.75, 3.05) is 16.6 Å². The van der Waals surface area contributed by atoms with Crippen molar-refractivity contribution in [1.29, 1.82) is 0 Å². The van der Waals surface area contributed by atoms with E-state index in [-0.39, 0.29) is 23.2 Å². The molecule has 4 aromatic rings. The Morgan fingerprint density at radius 3 is 2.41 bits per heavy atom. The minimum Gasteiger partial charge on any atom is -0.494 e. The maximum Gasteiger partial charge on any atom is 0.264 e. The van der Waals surface area contributed by atoms with Crippen LogP contribution < -0.4 is 14.8 Å². The number of thiazole rings is 1. The molecule has 0 spiro atoms. The second-order valence-electron chi connectivity index (χ2n) is 7.03. The highest BCUT2D eigenvalue weighted by Gasteiger charge is 2.16. The predicted octanol–water partition coefficient (Wildman–Crippen LogP) is 3.98. The third-order valence-corrected chi connectivity index (χ3v) is 6.83. The molecule has 2 N–H and O–H groups in total. The van der Waals surface area contributed by atoms with Gasteiger partial charge in [0, 0.05) is 29.0 Å². The van der Waals surface area contributed by atoms with Crippen LogP contribution in [0.25, 0.3) is 10.6 Å². The monoisotopic (exact) mass is 495 g/mol. The Morgan fingerprint density at radius 2 is 1.74 bits per heavy atom. The Kier molecular flexibility index (Phi) is 7.14. The number of nitrogens with zero attached hydrogens (tertiary/aromatic N) is 3. The molecule has 0 aliphatic rings. The molecule has 34 heavy (non-hydrogen) atoms. The molecule has 11 heteroatoms. The molecule has 174 valence electrons. The number of rotatable bonds is 9. The molecule has 9 nitrogen and oxygen atoms in total. The first-order valence-electron chi connectivity index (χ1n) is 10.3. The van der Waals surface area contributed by atoms with Crippen molar-refractivity contribution >= 4 is 38.9 Å². The summed E-state index contributed by atoms with van der Waals surface area (Å²) in [5.74, 6) is 0.521. The lowest BCUT2D eigenvalue weighted by atomic mass is 10.2. The van der Waals surface area contributed by atoms with Gasteiger partial charge in [0.2, 0.25) is 11.9 Å². The van der Waals surface area contributed by atoms with Crippen LogP contribution in [0.1, 0.15) is 12.6 Å². The van der Waals surface area contributed by atoms with Gasteiger partial charge in [-0.25, -0.2) is 28.1 Å². The fraction of sp³-hybridized carbons (Fsp3) is 0.130. The van der Waals surface area contributed by atoms with Gasteiger partial charge in [-0.2, -0.15) is 0 Å². The maximum atomic E-state index is 12.5. The number of amides is 1. The Balaban J connectivity index is 1.35. The third kappa shape index (κ3) is 5.94. The molecule has 0 saturated heterocycles. The summed E-state index contributed by atoms with van der Waals surface area (Å²) < 4.78 is 32.7. The van der Waals surface area contributed by atoms with Gasteiger partial charge in [-0.3, -0.25) is 4.79 Å². The lowest BCUT2D eigenvalue weighted by Crippen LogP contribution is -2.16. The largest absolute Gasteiger partial charge is 0.494 e. The predicted molar refractivity (Wildman–Crippen MR) is 130 cm³/mol. The molecule has 2 heterocycles. The number of sulfonamides is 1. The Hall–Kier alpha value is -3.83. The van der Waals surface area contributed by atoms with Crippen molar-refractivity contribution in [1.82, 2.24) is 15.0 Å². The molecule has 0 saturated carbocycles. The summed E-state index contributed by atoms with van der Waals surface area (Å²) in [6.07, 6.45) is 2.97. The zero-order valence-electron chi connectivity index (χ0n) is 18.1. The van der Waals surface area contributed by atoms with E-state index in [2.05, 4.69) is 25.0 Å². The molecule has 4 rings (SSSR count). The highest BCUT2D eigenvalue weighted by Crippen LogP contribution is 2.26. The van der Waals surface area contributed by atoms with Gasteiger partial charge in [-0.15, -0.1) is 11.3 Å². The lowest BCUT2D eigenvalue weighted by Gasteiger charge is -2.08. The third-order valence-electron chi connectivity index (χ3n) is 4.55. The van der Waals surface area contributed by atoms with E-state index in [0.717, 1.165) is 16.3 Å². The molecule has 1 amide bonds. The Morgan fingerprint density at radius 1 is 1.03 bits per heavy atom. The number of hydrogen-bond donors (Lipinski definition) is 2. The average molecular weight is 496 g/mol. The summed E-state index contributed by atoms with van der Waals surface area (Å²) in [6.45, 7) is 2.54. The quantitative estimate of drug-likeness (QED) is 0.360. The van der Waals surface area contributed by atoms with Crippen molar-refractivity contribution in [2.24, 2.45) is 0 Å². The van der Waals surface area contributed by atoms with Crippen LogP contribution in [0.3, 0.4) is 0 Å². The van der Waals surface area contributed by atoms with Gasteiger partial charge >= 0.3 is 0 Å². The van der Waals surface area contributed by atoms with Crippen LogP contribution in [0.2, 0.25) is 0 Å². The van der Waals surface area contributed by atoms with Gasteiger partial charge in [0.05, 0.1) is 23.6 Å². The highest BCUT2D eigenvalue weighted by molar-refractivity contribution is 7.92. The van der Waals surface area contributed by atoms with E-state index in [1.165, 1.54) is 48.0 Å². The van der Waals surface area contributed by atoms with E-state index in [4.69, 9.17) is 4.74 Å². The molecule has 0 radical (unpaired) electrons. The van der Waals surface area contributed by atoms with E-state index >= 15 is 0 Å². The molecular formula is C23H21N5O4S2. The molecule has 2 aromatic heterocycles. The van der Waals surface area contributed by atoms with Crippen molar-refractivity contribution < 1.29 is 17.9 Å². The van der Waals surface area contributed by atoms with Gasteiger partial charge < -0.3 is 10.1 Å². The molecule has 0 unspecified atom stereocenters. The van der Waals surface area contributed by atoms with E-state index < -0.39 is 10.0 Å². The van der Waals surface area contributed by atoms with Crippen molar-refractivity contribution in [3.05, 3.63) is 78.1 Å². The minimum absolute atomic E-state index is 0.0206. The van der Waals surface area contributed by atoms with Gasteiger partial charge in [-0.05, 0) is 61.5 Å². The number of carbonyl (C=O) groups is 1. The Bertz CT molecular complexity index is 1360. The second-order valence-corrected chi connectivity index (χ2v) is 9.57. The minimum atomic E-state index is -3.84. The molecule has 2 aromatic carbocycles. The number of ether oxygens (including phenoxy) is 1. The van der Waals surface area contributed by atoms with Crippen LogP contribution in [0.5, 0.6) is 5.75 Å². The fourth-order valence-corrected chi connectivity index (χ4v) is 4.78. The van der Waals surface area contributed by atoms with E-state index in [1.807, 2.05) is 36.6 Å². The lowest BCUT2D eigenvalue weighted by molar-refractivity contribution is -0.115. The highest BCUT2D eigenvalue weighted by atomic mass is 32.2. The number of nitrogens with one attached hydrogen (secondary N) is 2. The number of hydrogen-bond acceptors (Lipinski definition) is 8. The van der Waals surface area contributed by atoms with Gasteiger partial charge in [0.15, 0.2) is 0 Å². The molecule has 0 atom stereocenters. The summed E-state index contributed by atoms with van der Waals surface area (Å²) in [7, 11) is -3.84. The van der Waals surface area contributed by atoms with E-state index in [0.29, 0.717) is 18.0 Å². The average Bonchev–Trinajstić information content (AvgIpc) is 3.29. The smallest absolute Gasteiger partial charge is 0.264 e. The topological polar surface area (TPSA) is 123 Å². The second kappa shape index (κ2) is 10.4. The van der Waals surface area contributed by atoms with Crippen LogP contribution in [0.15, 0.2) is 77.3 Å². The van der Waals surface area contributed by atoms with Crippen LogP contribution in [-0.4, -0.2) is 35.9 Å². The van der Waals surface area contributed by atoms with Gasteiger partial charge in [0.1, 0.15) is 10.8 Å². The first-order chi connectivity index (χ1) is 16.4. The van der Waals surface area contributed by atoms with E-state index in [1.54, 1.807) is 6.07 Å². The summed E-state index contributed by atoms with van der Waals surface area (Å²) in [4.78, 5) is 24.7. The number of carbonyl (C=O) groups excluding carboxylic acids is 1. The molecule has 0 aliphatic heterocycles. The molecule has 0 aliphatic carbocycles. The Labute approximate surface area is 200 Å². The van der Waals surface area contributed by atoms with Crippen molar-refractivity contribution in [2.45, 2.75) is 18.2 Å². The van der Waals surface area contributed by atoms with Crippen LogP contribution >= 0.6 is 11.3 Å². The zero-order chi connectivity index (χ0) is 24.0. The van der Waals surface area contributed by atoms with Crippen LogP contribution in [0.4, 0.5) is 11.6 Å². The standard InChI is InChI=1S/C23H21N5O4S2/c1-2-32-19-8-4-16(5-9-19)22-27-18(15-33-22)14-21(29)26-17-6-10-20(11-7-17)34(30,31)28-23-24-12-3-13-25-23/h3-13,15H,2,14H2,1H3,(H,26,29)(H,24,25,28). The summed E-state index contributed by atoms with van der Waals surface area (Å²) in [5.41, 5.74) is 2.07. The fourth-order valence-electron chi connectivity index (χ4n) is 3.00. The summed E-state index contributed by atoms with van der Waals surface area (Å²) >= 11 is 1.46. The van der Waals surface area contributed by atoms with Crippen LogP contribution in [-0.2, 0) is 21.2 Å². The number of aromatic nitrogens is 3. The maximum absolute atomic E-state index is 12.5. The van der Waals surface area contributed by atoms with E-state index in [9.17, 15) is 13.2 Å². The number of benzene rings is 2. The first kappa shape index (κ1) is 23.3. The van der Waals surface area contributed by atoms with Crippen molar-refractivity contribution in [3.63, 3.8) is 0 Å². The molecule has 0 fully saturated rings. The van der Waals surface area contributed by atoms with Crippen LogP contribution in [0, 0.1) is 0 Å². The van der Waals surface area contributed by atoms with Gasteiger partial charge in [0.25, 0.3) is 10.0 Å². The zero-order valence-corrected chi connectivity index (χ0v) is 19.8. The molecule has 0 bridgehead atoms. The first-order valence-corrected chi connectivity index (χ1v) is 12.7.